The van der Waals surface area contributed by atoms with Crippen LogP contribution in [0.25, 0.3) is 0 Å². The first-order valence-corrected chi connectivity index (χ1v) is 12.9. The number of hydrogen-bond donors (Lipinski definition) is 0. The molecule has 0 spiro atoms. The van der Waals surface area contributed by atoms with E-state index < -0.39 is 15.3 Å². The number of piperazine rings is 1. The molecule has 1 fully saturated rings. The number of benzene rings is 2. The van der Waals surface area contributed by atoms with Crippen molar-refractivity contribution < 1.29 is 27.4 Å². The van der Waals surface area contributed by atoms with Crippen molar-refractivity contribution in [2.45, 2.75) is 24.3 Å². The zero-order valence-corrected chi connectivity index (χ0v) is 20.4. The maximum atomic E-state index is 13.3. The SMILES string of the molecule is CCOc1ccc(S(=O)(=O)N2CCN(C(Cc3ccccc3)C3=COCO3)CC2)cc1C(=O)Cl. The van der Waals surface area contributed by atoms with Crippen molar-refractivity contribution in [2.24, 2.45) is 0 Å². The number of carbonyl (C=O) groups is 1. The molecule has 1 unspecified atom stereocenters. The van der Waals surface area contributed by atoms with Gasteiger partial charge >= 0.3 is 0 Å². The van der Waals surface area contributed by atoms with Gasteiger partial charge in [-0.25, -0.2) is 8.42 Å². The van der Waals surface area contributed by atoms with Crippen LogP contribution in [0.2, 0.25) is 0 Å². The van der Waals surface area contributed by atoms with Crippen molar-refractivity contribution in [1.29, 1.82) is 0 Å². The minimum absolute atomic E-state index is 0.0180. The molecule has 10 heteroatoms. The predicted octanol–water partition coefficient (Wildman–Crippen LogP) is 3.23. The lowest BCUT2D eigenvalue weighted by molar-refractivity contribution is 0.0527. The molecule has 8 nitrogen and oxygen atoms in total. The molecule has 0 radical (unpaired) electrons. The molecule has 1 atom stereocenters. The molecule has 1 saturated heterocycles. The van der Waals surface area contributed by atoms with Crippen molar-refractivity contribution in [3.8, 4) is 5.75 Å². The molecule has 0 N–H and O–H groups in total. The van der Waals surface area contributed by atoms with Gasteiger partial charge in [0.25, 0.3) is 5.24 Å². The van der Waals surface area contributed by atoms with Crippen LogP contribution >= 0.6 is 11.6 Å². The second-order valence-electron chi connectivity index (χ2n) is 7.96. The number of nitrogens with zero attached hydrogens (tertiary/aromatic N) is 2. The Balaban J connectivity index is 1.49. The maximum absolute atomic E-state index is 13.3. The van der Waals surface area contributed by atoms with E-state index >= 15 is 0 Å². The highest BCUT2D eigenvalue weighted by Crippen LogP contribution is 2.28. The summed E-state index contributed by atoms with van der Waals surface area (Å²) >= 11 is 5.67. The van der Waals surface area contributed by atoms with Gasteiger partial charge in [0.05, 0.1) is 23.1 Å². The van der Waals surface area contributed by atoms with Gasteiger partial charge in [-0.15, -0.1) is 0 Å². The molecule has 182 valence electrons. The highest BCUT2D eigenvalue weighted by atomic mass is 35.5. The van der Waals surface area contributed by atoms with E-state index in [2.05, 4.69) is 17.0 Å². The molecule has 2 aliphatic heterocycles. The summed E-state index contributed by atoms with van der Waals surface area (Å²) in [5.74, 6) is 1.01. The highest BCUT2D eigenvalue weighted by molar-refractivity contribution is 7.89. The van der Waals surface area contributed by atoms with Crippen molar-refractivity contribution in [1.82, 2.24) is 9.21 Å². The lowest BCUT2D eigenvalue weighted by atomic mass is 10.0. The third-order valence-electron chi connectivity index (χ3n) is 5.91. The Labute approximate surface area is 204 Å². The maximum Gasteiger partial charge on any atom is 0.256 e. The molecule has 4 rings (SSSR count). The number of sulfonamides is 1. The minimum atomic E-state index is -3.81. The summed E-state index contributed by atoms with van der Waals surface area (Å²) in [5, 5.41) is -0.763. The van der Waals surface area contributed by atoms with Crippen molar-refractivity contribution >= 4 is 26.9 Å². The Hall–Kier alpha value is -2.59. The summed E-state index contributed by atoms with van der Waals surface area (Å²) in [6, 6.07) is 14.2. The smallest absolute Gasteiger partial charge is 0.256 e. The van der Waals surface area contributed by atoms with E-state index in [9.17, 15) is 13.2 Å². The third kappa shape index (κ3) is 5.38. The largest absolute Gasteiger partial charge is 0.493 e. The van der Waals surface area contributed by atoms with Crippen LogP contribution in [0.4, 0.5) is 0 Å². The van der Waals surface area contributed by atoms with Gasteiger partial charge in [0.15, 0.2) is 5.76 Å². The number of halogens is 1. The summed E-state index contributed by atoms with van der Waals surface area (Å²) in [6.45, 7) is 3.95. The molecule has 0 saturated carbocycles. The normalized spacial score (nSPS) is 18.0. The van der Waals surface area contributed by atoms with Crippen molar-refractivity contribution in [2.75, 3.05) is 39.6 Å². The van der Waals surface area contributed by atoms with E-state index in [0.717, 1.165) is 17.7 Å². The van der Waals surface area contributed by atoms with Crippen LogP contribution in [-0.2, 0) is 25.9 Å². The standard InChI is InChI=1S/C24H27ClN2O6S/c1-2-32-22-9-8-19(15-20(22)24(25)28)34(29,30)27-12-10-26(11-13-27)21(23-16-31-17-33-23)14-18-6-4-3-5-7-18/h3-9,15-16,21H,2,10-14,17H2,1H3. The highest BCUT2D eigenvalue weighted by Gasteiger charge is 2.34. The van der Waals surface area contributed by atoms with Crippen molar-refractivity contribution in [3.05, 3.63) is 71.7 Å². The Kier molecular flexibility index (Phi) is 7.77. The second kappa shape index (κ2) is 10.8. The quantitative estimate of drug-likeness (QED) is 0.483. The first-order valence-electron chi connectivity index (χ1n) is 11.1. The Morgan fingerprint density at radius 1 is 1.12 bits per heavy atom. The van der Waals surface area contributed by atoms with E-state index in [4.69, 9.17) is 25.8 Å². The summed E-state index contributed by atoms with van der Waals surface area (Å²) in [4.78, 5) is 14.1. The summed E-state index contributed by atoms with van der Waals surface area (Å²) in [5.41, 5.74) is 1.20. The average molecular weight is 507 g/mol. The van der Waals surface area contributed by atoms with Gasteiger partial charge in [0.2, 0.25) is 16.8 Å². The van der Waals surface area contributed by atoms with Crippen LogP contribution in [-0.4, -0.2) is 68.5 Å². The number of rotatable bonds is 9. The van der Waals surface area contributed by atoms with E-state index in [-0.39, 0.29) is 29.0 Å². The Bertz CT molecular complexity index is 1150. The van der Waals surface area contributed by atoms with Gasteiger partial charge in [-0.2, -0.15) is 4.31 Å². The van der Waals surface area contributed by atoms with Gasteiger partial charge in [-0.3, -0.25) is 9.69 Å². The molecule has 0 aliphatic carbocycles. The van der Waals surface area contributed by atoms with Gasteiger partial charge in [-0.1, -0.05) is 30.3 Å². The second-order valence-corrected chi connectivity index (χ2v) is 10.2. The molecule has 0 aromatic heterocycles. The third-order valence-corrected chi connectivity index (χ3v) is 8.01. The van der Waals surface area contributed by atoms with Gasteiger partial charge in [0, 0.05) is 26.2 Å². The van der Waals surface area contributed by atoms with E-state index in [0.29, 0.717) is 32.8 Å². The zero-order valence-electron chi connectivity index (χ0n) is 18.9. The fourth-order valence-corrected chi connectivity index (χ4v) is 5.78. The van der Waals surface area contributed by atoms with Crippen LogP contribution in [0.3, 0.4) is 0 Å². The molecular weight excluding hydrogens is 480 g/mol. The lowest BCUT2D eigenvalue weighted by Crippen LogP contribution is -2.52. The predicted molar refractivity (Wildman–Crippen MR) is 127 cm³/mol. The monoisotopic (exact) mass is 506 g/mol. The number of hydrogen-bond acceptors (Lipinski definition) is 7. The molecule has 2 aliphatic rings. The molecule has 0 amide bonds. The first-order chi connectivity index (χ1) is 16.4. The summed E-state index contributed by atoms with van der Waals surface area (Å²) < 4.78 is 44.4. The van der Waals surface area contributed by atoms with Crippen LogP contribution < -0.4 is 4.74 Å². The van der Waals surface area contributed by atoms with E-state index in [1.807, 2.05) is 18.2 Å². The Morgan fingerprint density at radius 2 is 1.85 bits per heavy atom. The van der Waals surface area contributed by atoms with Crippen molar-refractivity contribution in [3.63, 3.8) is 0 Å². The average Bonchev–Trinajstić information content (AvgIpc) is 3.38. The molecule has 2 aromatic rings. The van der Waals surface area contributed by atoms with Gasteiger partial charge < -0.3 is 14.2 Å². The summed E-state index contributed by atoms with van der Waals surface area (Å²) in [7, 11) is -3.81. The van der Waals surface area contributed by atoms with Crippen LogP contribution in [0.15, 0.2) is 65.4 Å². The lowest BCUT2D eigenvalue weighted by Gasteiger charge is -2.38. The van der Waals surface area contributed by atoms with Crippen LogP contribution in [0.1, 0.15) is 22.8 Å². The Morgan fingerprint density at radius 3 is 2.47 bits per heavy atom. The topological polar surface area (TPSA) is 85.4 Å². The number of carbonyl (C=O) groups excluding carboxylic acids is 1. The van der Waals surface area contributed by atoms with Gasteiger partial charge in [0.1, 0.15) is 12.0 Å². The molecule has 2 aromatic carbocycles. The molecule has 34 heavy (non-hydrogen) atoms. The molecule has 0 bridgehead atoms. The van der Waals surface area contributed by atoms with E-state index in [1.165, 1.54) is 22.5 Å². The minimum Gasteiger partial charge on any atom is -0.493 e. The molecular formula is C24H27ClN2O6S. The fourth-order valence-electron chi connectivity index (χ4n) is 4.18. The summed E-state index contributed by atoms with van der Waals surface area (Å²) in [6.07, 6.45) is 2.37. The fraction of sp³-hybridized carbons (Fsp3) is 0.375. The zero-order chi connectivity index (χ0) is 24.1. The molecule has 2 heterocycles. The number of ether oxygens (including phenoxy) is 3. The van der Waals surface area contributed by atoms with Gasteiger partial charge in [-0.05, 0) is 48.7 Å². The van der Waals surface area contributed by atoms with Crippen LogP contribution in [0.5, 0.6) is 5.75 Å². The first kappa shape index (κ1) is 24.5. The van der Waals surface area contributed by atoms with Crippen LogP contribution in [0, 0.1) is 0 Å². The van der Waals surface area contributed by atoms with E-state index in [1.54, 1.807) is 13.2 Å².